The molecule has 1 aromatic rings. The SMILES string of the molecule is CCOCCCNC(C)C(=O)c1ccc2c(c1)CC(C)N2. The lowest BCUT2D eigenvalue weighted by Crippen LogP contribution is -2.35. The summed E-state index contributed by atoms with van der Waals surface area (Å²) in [6.45, 7) is 8.36. The smallest absolute Gasteiger partial charge is 0.179 e. The Kier molecular flexibility index (Phi) is 5.76. The molecule has 0 aromatic heterocycles. The molecule has 0 amide bonds. The van der Waals surface area contributed by atoms with Crippen LogP contribution < -0.4 is 10.6 Å². The first-order chi connectivity index (χ1) is 10.1. The molecule has 4 heteroatoms. The second kappa shape index (κ2) is 7.57. The molecule has 0 bridgehead atoms. The molecule has 2 rings (SSSR count). The summed E-state index contributed by atoms with van der Waals surface area (Å²) in [6, 6.07) is 6.28. The summed E-state index contributed by atoms with van der Waals surface area (Å²) in [5, 5.41) is 6.68. The molecule has 1 aliphatic rings. The zero-order valence-corrected chi connectivity index (χ0v) is 13.2. The maximum absolute atomic E-state index is 12.4. The minimum absolute atomic E-state index is 0.156. The molecule has 4 nitrogen and oxygen atoms in total. The van der Waals surface area contributed by atoms with Gasteiger partial charge < -0.3 is 15.4 Å². The molecule has 0 saturated carbocycles. The monoisotopic (exact) mass is 290 g/mol. The summed E-state index contributed by atoms with van der Waals surface area (Å²) in [5.74, 6) is 0.161. The fourth-order valence-corrected chi connectivity index (χ4v) is 2.68. The molecule has 0 aliphatic carbocycles. The van der Waals surface area contributed by atoms with Gasteiger partial charge in [-0.15, -0.1) is 0 Å². The van der Waals surface area contributed by atoms with Gasteiger partial charge in [0.1, 0.15) is 0 Å². The van der Waals surface area contributed by atoms with Gasteiger partial charge >= 0.3 is 0 Å². The van der Waals surface area contributed by atoms with Crippen molar-refractivity contribution in [2.45, 2.75) is 45.7 Å². The van der Waals surface area contributed by atoms with E-state index in [1.165, 1.54) is 5.56 Å². The molecule has 1 heterocycles. The van der Waals surface area contributed by atoms with E-state index in [0.29, 0.717) is 6.04 Å². The highest BCUT2D eigenvalue weighted by atomic mass is 16.5. The van der Waals surface area contributed by atoms with Gasteiger partial charge in [0.2, 0.25) is 0 Å². The van der Waals surface area contributed by atoms with Crippen molar-refractivity contribution < 1.29 is 9.53 Å². The average Bonchev–Trinajstić information content (AvgIpc) is 2.85. The van der Waals surface area contributed by atoms with Crippen LogP contribution in [0.25, 0.3) is 0 Å². The summed E-state index contributed by atoms with van der Waals surface area (Å²) >= 11 is 0. The fourth-order valence-electron chi connectivity index (χ4n) is 2.68. The second-order valence-corrected chi connectivity index (χ2v) is 5.71. The zero-order valence-electron chi connectivity index (χ0n) is 13.2. The molecule has 0 saturated heterocycles. The minimum atomic E-state index is -0.156. The Bertz CT molecular complexity index is 488. The van der Waals surface area contributed by atoms with Crippen molar-refractivity contribution in [1.82, 2.24) is 5.32 Å². The maximum Gasteiger partial charge on any atom is 0.179 e. The van der Waals surface area contributed by atoms with Gasteiger partial charge in [-0.2, -0.15) is 0 Å². The molecule has 1 aliphatic heterocycles. The van der Waals surface area contributed by atoms with Crippen LogP contribution >= 0.6 is 0 Å². The van der Waals surface area contributed by atoms with Gasteiger partial charge in [-0.25, -0.2) is 0 Å². The third kappa shape index (κ3) is 4.29. The topological polar surface area (TPSA) is 50.4 Å². The highest BCUT2D eigenvalue weighted by molar-refractivity contribution is 6.00. The van der Waals surface area contributed by atoms with Crippen LogP contribution in [0, 0.1) is 0 Å². The van der Waals surface area contributed by atoms with Crippen molar-refractivity contribution >= 4 is 11.5 Å². The number of hydrogen-bond donors (Lipinski definition) is 2. The number of carbonyl (C=O) groups excluding carboxylic acids is 1. The highest BCUT2D eigenvalue weighted by Crippen LogP contribution is 2.26. The van der Waals surface area contributed by atoms with Crippen LogP contribution in [0.4, 0.5) is 5.69 Å². The Morgan fingerprint density at radius 2 is 2.33 bits per heavy atom. The van der Waals surface area contributed by atoms with Crippen molar-refractivity contribution in [2.75, 3.05) is 25.1 Å². The van der Waals surface area contributed by atoms with Gasteiger partial charge in [-0.3, -0.25) is 4.79 Å². The van der Waals surface area contributed by atoms with Gasteiger partial charge in [-0.1, -0.05) is 0 Å². The number of nitrogens with one attached hydrogen (secondary N) is 2. The average molecular weight is 290 g/mol. The number of benzene rings is 1. The maximum atomic E-state index is 12.4. The Balaban J connectivity index is 1.86. The third-order valence-electron chi connectivity index (χ3n) is 3.83. The fraction of sp³-hybridized carbons (Fsp3) is 0.588. The molecule has 1 aromatic carbocycles. The Morgan fingerprint density at radius 1 is 1.52 bits per heavy atom. The molecule has 21 heavy (non-hydrogen) atoms. The van der Waals surface area contributed by atoms with Crippen LogP contribution in [0.15, 0.2) is 18.2 Å². The van der Waals surface area contributed by atoms with Crippen molar-refractivity contribution in [3.8, 4) is 0 Å². The summed E-state index contributed by atoms with van der Waals surface area (Å²) in [7, 11) is 0. The standard InChI is InChI=1S/C17H26N2O2/c1-4-21-9-5-8-18-13(3)17(20)14-6-7-16-15(11-14)10-12(2)19-16/h6-7,11-13,18-19H,4-5,8-10H2,1-3H3. The van der Waals surface area contributed by atoms with E-state index in [1.807, 2.05) is 32.0 Å². The van der Waals surface area contributed by atoms with Gasteiger partial charge in [0, 0.05) is 30.5 Å². The predicted molar refractivity (Wildman–Crippen MR) is 86.1 cm³/mol. The number of ketones is 1. The van der Waals surface area contributed by atoms with Crippen LogP contribution in [-0.2, 0) is 11.2 Å². The molecule has 2 unspecified atom stereocenters. The largest absolute Gasteiger partial charge is 0.382 e. The molecule has 0 spiro atoms. The van der Waals surface area contributed by atoms with E-state index in [9.17, 15) is 4.79 Å². The van der Waals surface area contributed by atoms with E-state index in [-0.39, 0.29) is 11.8 Å². The van der Waals surface area contributed by atoms with E-state index in [0.717, 1.165) is 43.9 Å². The molecule has 2 N–H and O–H groups in total. The lowest BCUT2D eigenvalue weighted by molar-refractivity contribution is 0.0946. The zero-order chi connectivity index (χ0) is 15.2. The summed E-state index contributed by atoms with van der Waals surface area (Å²) in [6.07, 6.45) is 1.92. The van der Waals surface area contributed by atoms with Crippen molar-refractivity contribution in [3.05, 3.63) is 29.3 Å². The van der Waals surface area contributed by atoms with E-state index >= 15 is 0 Å². The Hall–Kier alpha value is -1.39. The first-order valence-corrected chi connectivity index (χ1v) is 7.86. The van der Waals surface area contributed by atoms with Crippen LogP contribution in [0.5, 0.6) is 0 Å². The van der Waals surface area contributed by atoms with E-state index in [4.69, 9.17) is 4.74 Å². The number of carbonyl (C=O) groups is 1. The quantitative estimate of drug-likeness (QED) is 0.571. The molecule has 116 valence electrons. The number of rotatable bonds is 8. The van der Waals surface area contributed by atoms with Gasteiger partial charge in [0.25, 0.3) is 0 Å². The first kappa shape index (κ1) is 16.0. The third-order valence-corrected chi connectivity index (χ3v) is 3.83. The minimum Gasteiger partial charge on any atom is -0.382 e. The Labute approximate surface area is 127 Å². The van der Waals surface area contributed by atoms with Crippen molar-refractivity contribution in [1.29, 1.82) is 0 Å². The van der Waals surface area contributed by atoms with Crippen LogP contribution in [0.2, 0.25) is 0 Å². The van der Waals surface area contributed by atoms with Crippen molar-refractivity contribution in [2.24, 2.45) is 0 Å². The highest BCUT2D eigenvalue weighted by Gasteiger charge is 2.20. The first-order valence-electron chi connectivity index (χ1n) is 7.86. The van der Waals surface area contributed by atoms with Crippen molar-refractivity contribution in [3.63, 3.8) is 0 Å². The van der Waals surface area contributed by atoms with Crippen LogP contribution in [0.1, 0.15) is 43.1 Å². The number of Topliss-reactive ketones (excluding diaryl/α,β-unsaturated/α-hetero) is 1. The molecular formula is C17H26N2O2. The van der Waals surface area contributed by atoms with E-state index in [1.54, 1.807) is 0 Å². The normalized spacial score (nSPS) is 18.1. The number of hydrogen-bond acceptors (Lipinski definition) is 4. The summed E-state index contributed by atoms with van der Waals surface area (Å²) < 4.78 is 5.29. The van der Waals surface area contributed by atoms with Gasteiger partial charge in [-0.05, 0) is 63.9 Å². The van der Waals surface area contributed by atoms with Gasteiger partial charge in [0.15, 0.2) is 5.78 Å². The molecule has 0 radical (unpaired) electrons. The predicted octanol–water partition coefficient (Wildman–Crippen LogP) is 2.63. The summed E-state index contributed by atoms with van der Waals surface area (Å²) in [5.41, 5.74) is 3.21. The van der Waals surface area contributed by atoms with E-state index < -0.39 is 0 Å². The number of fused-ring (bicyclic) bond motifs is 1. The molecule has 0 fully saturated rings. The second-order valence-electron chi connectivity index (χ2n) is 5.71. The van der Waals surface area contributed by atoms with Gasteiger partial charge in [0.05, 0.1) is 6.04 Å². The van der Waals surface area contributed by atoms with Crippen LogP contribution in [0.3, 0.4) is 0 Å². The van der Waals surface area contributed by atoms with Crippen LogP contribution in [-0.4, -0.2) is 37.6 Å². The summed E-state index contributed by atoms with van der Waals surface area (Å²) in [4.78, 5) is 12.4. The van der Waals surface area contributed by atoms with E-state index in [2.05, 4.69) is 17.6 Å². The number of ether oxygens (including phenoxy) is 1. The lowest BCUT2D eigenvalue weighted by atomic mass is 10.0. The molecular weight excluding hydrogens is 264 g/mol. The lowest BCUT2D eigenvalue weighted by Gasteiger charge is -2.13. The Morgan fingerprint density at radius 3 is 3.10 bits per heavy atom. The number of anilines is 1. The molecule has 2 atom stereocenters.